The summed E-state index contributed by atoms with van der Waals surface area (Å²) in [6, 6.07) is 0. The average molecular weight is 294 g/mol. The van der Waals surface area contributed by atoms with Gasteiger partial charge in [0.15, 0.2) is 5.60 Å². The monoisotopic (exact) mass is 294 g/mol. The number of aliphatic hydroxyl groups excluding tert-OH is 5. The van der Waals surface area contributed by atoms with E-state index in [0.717, 1.165) is 0 Å². The Morgan fingerprint density at radius 3 is 2.30 bits per heavy atom. The van der Waals surface area contributed by atoms with E-state index >= 15 is 0 Å². The van der Waals surface area contributed by atoms with Crippen LogP contribution in [0.25, 0.3) is 0 Å². The highest BCUT2D eigenvalue weighted by Gasteiger charge is 2.55. The molecule has 1 heterocycles. The van der Waals surface area contributed by atoms with E-state index in [1.54, 1.807) is 13.8 Å². The Morgan fingerprint density at radius 1 is 1.35 bits per heavy atom. The zero-order valence-electron chi connectivity index (χ0n) is 11.4. The number of rotatable bonds is 5. The van der Waals surface area contributed by atoms with Crippen molar-refractivity contribution in [3.8, 4) is 0 Å². The van der Waals surface area contributed by atoms with E-state index in [9.17, 15) is 30.3 Å². The summed E-state index contributed by atoms with van der Waals surface area (Å²) in [6.45, 7) is 2.36. The third kappa shape index (κ3) is 2.95. The van der Waals surface area contributed by atoms with Gasteiger partial charge in [-0.2, -0.15) is 0 Å². The van der Waals surface area contributed by atoms with Crippen LogP contribution in [-0.4, -0.2) is 79.3 Å². The molecule has 0 aromatic rings. The van der Waals surface area contributed by atoms with Crippen LogP contribution in [0.1, 0.15) is 20.3 Å². The van der Waals surface area contributed by atoms with Crippen molar-refractivity contribution in [1.82, 2.24) is 0 Å². The molecular weight excluding hydrogens is 272 g/mol. The second-order valence-electron chi connectivity index (χ2n) is 5.43. The lowest BCUT2D eigenvalue weighted by Gasteiger charge is -2.47. The molecule has 0 radical (unpaired) electrons. The zero-order chi connectivity index (χ0) is 15.7. The molecule has 1 aliphatic rings. The highest BCUT2D eigenvalue weighted by atomic mass is 16.6. The third-order valence-electron chi connectivity index (χ3n) is 3.80. The van der Waals surface area contributed by atoms with Gasteiger partial charge in [-0.05, 0) is 5.92 Å². The fraction of sp³-hybridized carbons (Fsp3) is 0.917. The molecule has 8 nitrogen and oxygen atoms in total. The molecule has 0 spiro atoms. The molecule has 1 aliphatic heterocycles. The summed E-state index contributed by atoms with van der Waals surface area (Å²) in [7, 11) is 0. The smallest absolute Gasteiger partial charge is 0.336 e. The van der Waals surface area contributed by atoms with Gasteiger partial charge in [0.05, 0.1) is 12.7 Å². The summed E-state index contributed by atoms with van der Waals surface area (Å²) in [5.74, 6) is -1.86. The van der Waals surface area contributed by atoms with Gasteiger partial charge in [-0.3, -0.25) is 0 Å². The number of carbonyl (C=O) groups is 1. The van der Waals surface area contributed by atoms with Crippen LogP contribution in [0, 0.1) is 5.92 Å². The van der Waals surface area contributed by atoms with Gasteiger partial charge >= 0.3 is 5.97 Å². The van der Waals surface area contributed by atoms with Gasteiger partial charge in [0.2, 0.25) is 0 Å². The predicted molar refractivity (Wildman–Crippen MR) is 65.8 cm³/mol. The minimum absolute atomic E-state index is 0.334. The molecule has 0 aromatic carbocycles. The summed E-state index contributed by atoms with van der Waals surface area (Å²) in [6.07, 6.45) is -8.16. The number of aliphatic hydroxyl groups is 5. The van der Waals surface area contributed by atoms with Crippen LogP contribution in [0.15, 0.2) is 0 Å². The predicted octanol–water partition coefficient (Wildman–Crippen LogP) is -2.31. The fourth-order valence-electron chi connectivity index (χ4n) is 2.37. The van der Waals surface area contributed by atoms with Gasteiger partial charge < -0.3 is 35.4 Å². The number of aliphatic carboxylic acids is 1. The maximum absolute atomic E-state index is 11.5. The minimum Gasteiger partial charge on any atom is -0.479 e. The summed E-state index contributed by atoms with van der Waals surface area (Å²) >= 11 is 0. The Kier molecular flexibility index (Phi) is 5.47. The lowest BCUT2D eigenvalue weighted by Crippen LogP contribution is -2.64. The molecule has 0 saturated carbocycles. The summed E-state index contributed by atoms with van der Waals surface area (Å²) < 4.78 is 5.33. The topological polar surface area (TPSA) is 148 Å². The van der Waals surface area contributed by atoms with Gasteiger partial charge in [0.1, 0.15) is 24.4 Å². The van der Waals surface area contributed by atoms with Crippen molar-refractivity contribution in [3.05, 3.63) is 0 Å². The van der Waals surface area contributed by atoms with Crippen molar-refractivity contribution in [3.63, 3.8) is 0 Å². The number of ether oxygens (including phenoxy) is 1. The number of hydrogen-bond acceptors (Lipinski definition) is 7. The quantitative estimate of drug-likeness (QED) is 0.331. The molecule has 8 heteroatoms. The highest BCUT2D eigenvalue weighted by molar-refractivity contribution is 5.78. The second kappa shape index (κ2) is 6.33. The van der Waals surface area contributed by atoms with Crippen LogP contribution in [0.5, 0.6) is 0 Å². The Labute approximate surface area is 116 Å². The van der Waals surface area contributed by atoms with Crippen LogP contribution in [-0.2, 0) is 9.53 Å². The molecule has 0 bridgehead atoms. The van der Waals surface area contributed by atoms with Crippen molar-refractivity contribution in [2.24, 2.45) is 5.92 Å². The Hall–Kier alpha value is -0.770. The van der Waals surface area contributed by atoms with E-state index in [1.165, 1.54) is 0 Å². The summed E-state index contributed by atoms with van der Waals surface area (Å²) in [5, 5.41) is 57.1. The number of hydrogen-bond donors (Lipinski definition) is 6. The third-order valence-corrected chi connectivity index (χ3v) is 3.80. The maximum Gasteiger partial charge on any atom is 0.336 e. The van der Waals surface area contributed by atoms with Crippen LogP contribution >= 0.6 is 0 Å². The maximum atomic E-state index is 11.5. The Morgan fingerprint density at radius 2 is 1.90 bits per heavy atom. The fourth-order valence-corrected chi connectivity index (χ4v) is 2.37. The summed E-state index contributed by atoms with van der Waals surface area (Å²) in [5.41, 5.74) is -1.78. The van der Waals surface area contributed by atoms with Gasteiger partial charge in [0, 0.05) is 6.42 Å². The van der Waals surface area contributed by atoms with E-state index in [4.69, 9.17) is 9.84 Å². The Bertz CT molecular complexity index is 346. The largest absolute Gasteiger partial charge is 0.479 e. The number of carboxylic acids is 1. The lowest BCUT2D eigenvalue weighted by atomic mass is 9.79. The van der Waals surface area contributed by atoms with Crippen molar-refractivity contribution < 1.29 is 40.2 Å². The lowest BCUT2D eigenvalue weighted by molar-refractivity contribution is -0.263. The molecular formula is C12H22O8. The van der Waals surface area contributed by atoms with Crippen LogP contribution < -0.4 is 0 Å². The molecule has 0 amide bonds. The Balaban J connectivity index is 3.09. The van der Waals surface area contributed by atoms with Gasteiger partial charge in [-0.25, -0.2) is 4.79 Å². The van der Waals surface area contributed by atoms with Crippen LogP contribution in [0.4, 0.5) is 0 Å². The van der Waals surface area contributed by atoms with Gasteiger partial charge in [-0.15, -0.1) is 0 Å². The first-order chi connectivity index (χ1) is 9.17. The average Bonchev–Trinajstić information content (AvgIpc) is 2.39. The molecule has 0 aromatic heterocycles. The van der Waals surface area contributed by atoms with Crippen molar-refractivity contribution in [2.75, 3.05) is 6.61 Å². The van der Waals surface area contributed by atoms with Crippen molar-refractivity contribution in [1.29, 1.82) is 0 Å². The first-order valence-electron chi connectivity index (χ1n) is 6.41. The molecule has 1 rings (SSSR count). The van der Waals surface area contributed by atoms with Crippen LogP contribution in [0.2, 0.25) is 0 Å². The van der Waals surface area contributed by atoms with Gasteiger partial charge in [-0.1, -0.05) is 13.8 Å². The standard InChI is InChI=1S/C12H22O8/c1-5(2)12(11(18)19)3-6(14)8(16)10(20-12)9(17)7(15)4-13/h5-10,13-17H,3-4H2,1-2H3,(H,18,19)/t6-,7-,8-,9-,10?,12+/m1/s1. The van der Waals surface area contributed by atoms with E-state index in [0.29, 0.717) is 0 Å². The van der Waals surface area contributed by atoms with E-state index in [-0.39, 0.29) is 6.42 Å². The van der Waals surface area contributed by atoms with E-state index in [2.05, 4.69) is 0 Å². The van der Waals surface area contributed by atoms with Crippen LogP contribution in [0.3, 0.4) is 0 Å². The van der Waals surface area contributed by atoms with Gasteiger partial charge in [0.25, 0.3) is 0 Å². The highest BCUT2D eigenvalue weighted by Crippen LogP contribution is 2.37. The molecule has 20 heavy (non-hydrogen) atoms. The molecule has 1 fully saturated rings. The zero-order valence-corrected chi connectivity index (χ0v) is 11.4. The molecule has 1 saturated heterocycles. The molecule has 118 valence electrons. The van der Waals surface area contributed by atoms with E-state index in [1.807, 2.05) is 0 Å². The molecule has 1 unspecified atom stereocenters. The second-order valence-corrected chi connectivity index (χ2v) is 5.43. The SMILES string of the molecule is CC(C)[C@]1(C(=O)O)C[C@@H](O)[C@@H](O)C([C@H](O)[C@H](O)CO)O1. The number of carboxylic acid groups (broad SMARTS) is 1. The van der Waals surface area contributed by atoms with E-state index < -0.39 is 54.6 Å². The molecule has 6 atom stereocenters. The molecule has 6 N–H and O–H groups in total. The first-order valence-corrected chi connectivity index (χ1v) is 6.41. The first kappa shape index (κ1) is 17.3. The normalized spacial score (nSPS) is 37.7. The molecule has 0 aliphatic carbocycles. The van der Waals surface area contributed by atoms with Crippen molar-refractivity contribution in [2.45, 2.75) is 56.4 Å². The van der Waals surface area contributed by atoms with Crippen molar-refractivity contribution >= 4 is 5.97 Å². The summed E-state index contributed by atoms with van der Waals surface area (Å²) in [4.78, 5) is 11.5. The minimum atomic E-state index is -1.78.